The van der Waals surface area contributed by atoms with Gasteiger partial charge in [-0.1, -0.05) is 57.2 Å². The van der Waals surface area contributed by atoms with Gasteiger partial charge in [0.05, 0.1) is 38.7 Å². The van der Waals surface area contributed by atoms with E-state index in [4.69, 9.17) is 28.4 Å². The Balaban J connectivity index is 0.692. The van der Waals surface area contributed by atoms with Crippen LogP contribution in [-0.4, -0.2) is 99.5 Å². The molecule has 1 unspecified atom stereocenters. The number of benzene rings is 4. The van der Waals surface area contributed by atoms with Gasteiger partial charge in [-0.05, 0) is 167 Å². The van der Waals surface area contributed by atoms with Gasteiger partial charge in [0.2, 0.25) is 8.32 Å². The number of ether oxygens (including phenoxy) is 4. The lowest BCUT2D eigenvalue weighted by molar-refractivity contribution is 0.00324. The van der Waals surface area contributed by atoms with E-state index in [0.717, 1.165) is 116 Å². The number of anilines is 1. The fourth-order valence-electron chi connectivity index (χ4n) is 10.4. The minimum Gasteiger partial charge on any atom is -0.543 e. The van der Waals surface area contributed by atoms with Gasteiger partial charge in [-0.3, -0.25) is 9.56 Å². The molecule has 0 N–H and O–H groups in total. The molecule has 0 amide bonds. The summed E-state index contributed by atoms with van der Waals surface area (Å²) in [6.45, 7) is 29.2. The normalized spacial score (nSPS) is 17.9. The molecule has 0 bridgehead atoms. The van der Waals surface area contributed by atoms with Crippen LogP contribution in [-0.2, 0) is 35.3 Å². The molecule has 4 aromatic carbocycles. The van der Waals surface area contributed by atoms with Gasteiger partial charge in [0.25, 0.3) is 0 Å². The molecule has 1 fully saturated rings. The van der Waals surface area contributed by atoms with Crippen molar-refractivity contribution in [3.05, 3.63) is 146 Å². The molecular formula is C60H78N6O5SSi. The van der Waals surface area contributed by atoms with Crippen molar-refractivity contribution in [3.8, 4) is 22.2 Å². The molecule has 9 rings (SSSR count). The van der Waals surface area contributed by atoms with Crippen LogP contribution in [0.3, 0.4) is 0 Å². The Labute approximate surface area is 440 Å². The van der Waals surface area contributed by atoms with Crippen LogP contribution in [0.2, 0.25) is 18.1 Å². The number of aromatic nitrogens is 3. The Morgan fingerprint density at radius 1 is 0.822 bits per heavy atom. The molecule has 11 nitrogen and oxygen atoms in total. The summed E-state index contributed by atoms with van der Waals surface area (Å²) >= 11 is 1.78. The fraction of sp³-hybridized carbons (Fsp3) is 0.483. The molecule has 4 heterocycles. The smallest absolute Gasteiger partial charge is 0.250 e. The molecule has 0 spiro atoms. The fourth-order valence-corrected chi connectivity index (χ4v) is 12.6. The summed E-state index contributed by atoms with van der Waals surface area (Å²) in [6, 6.07) is 31.0. The number of rotatable bonds is 20. The topological polar surface area (TPSA) is 95.7 Å². The first-order valence-electron chi connectivity index (χ1n) is 26.7. The summed E-state index contributed by atoms with van der Waals surface area (Å²) in [5, 5.41) is 10.2. The van der Waals surface area contributed by atoms with E-state index in [9.17, 15) is 0 Å². The van der Waals surface area contributed by atoms with E-state index in [-0.39, 0.29) is 17.2 Å². The Morgan fingerprint density at radius 2 is 1.56 bits per heavy atom. The Kier molecular flexibility index (Phi) is 16.3. The number of likely N-dealkylation sites (tertiary alicyclic amines) is 1. The SMILES string of the molecule is CCN(Cc1ccc(CCN2CC[C@@H](OCCOCCOc3ccc(C4=N[C@@H](C)c5nnc(C)n5-c5sc(C)c(C)c54)cc3)C2)cc1)c1cc(OC)ccc1C1CCc2cc(O[Si](C)(C)C(C)(C)C)ccc2C1. The molecule has 1 saturated heterocycles. The molecular weight excluding hydrogens is 945 g/mol. The molecule has 1 aliphatic carbocycles. The summed E-state index contributed by atoms with van der Waals surface area (Å²) in [6.07, 6.45) is 5.54. The van der Waals surface area contributed by atoms with Gasteiger partial charge in [0, 0.05) is 60.5 Å². The molecule has 3 atom stereocenters. The van der Waals surface area contributed by atoms with Crippen molar-refractivity contribution in [2.45, 2.75) is 130 Å². The van der Waals surface area contributed by atoms with Crippen LogP contribution >= 0.6 is 11.3 Å². The zero-order valence-corrected chi connectivity index (χ0v) is 47.2. The highest BCUT2D eigenvalue weighted by molar-refractivity contribution is 7.15. The second-order valence-electron chi connectivity index (χ2n) is 21.9. The van der Waals surface area contributed by atoms with Gasteiger partial charge in [-0.2, -0.15) is 0 Å². The van der Waals surface area contributed by atoms with Crippen LogP contribution < -0.4 is 18.8 Å². The largest absolute Gasteiger partial charge is 0.543 e. The van der Waals surface area contributed by atoms with Gasteiger partial charge in [0.15, 0.2) is 5.82 Å². The molecule has 73 heavy (non-hydrogen) atoms. The van der Waals surface area contributed by atoms with Crippen LogP contribution in [0.1, 0.15) is 120 Å². The van der Waals surface area contributed by atoms with E-state index >= 15 is 0 Å². The third kappa shape index (κ3) is 12.0. The lowest BCUT2D eigenvalue weighted by Crippen LogP contribution is -2.43. The number of hydrogen-bond donors (Lipinski definition) is 0. The highest BCUT2D eigenvalue weighted by atomic mass is 32.1. The van der Waals surface area contributed by atoms with Gasteiger partial charge >= 0.3 is 0 Å². The molecule has 6 aromatic rings. The zero-order chi connectivity index (χ0) is 51.4. The van der Waals surface area contributed by atoms with Crippen LogP contribution in [0.4, 0.5) is 5.69 Å². The van der Waals surface area contributed by atoms with Gasteiger partial charge in [0.1, 0.15) is 40.7 Å². The predicted octanol–water partition coefficient (Wildman–Crippen LogP) is 12.6. The third-order valence-electron chi connectivity index (χ3n) is 15.9. The summed E-state index contributed by atoms with van der Waals surface area (Å²) < 4.78 is 32.9. The van der Waals surface area contributed by atoms with Gasteiger partial charge in [-0.15, -0.1) is 21.5 Å². The first kappa shape index (κ1) is 52.5. The van der Waals surface area contributed by atoms with Crippen molar-refractivity contribution in [3.63, 3.8) is 0 Å². The number of thiophene rings is 1. The predicted molar refractivity (Wildman–Crippen MR) is 300 cm³/mol. The number of aliphatic imine (C=N–C) groups is 1. The highest BCUT2D eigenvalue weighted by Crippen LogP contribution is 2.43. The minimum absolute atomic E-state index is 0.114. The number of aryl methyl sites for hydroxylation is 3. The maximum Gasteiger partial charge on any atom is 0.250 e. The molecule has 388 valence electrons. The number of fused-ring (bicyclic) bond motifs is 4. The second kappa shape index (κ2) is 22.7. The molecule has 0 radical (unpaired) electrons. The number of nitrogens with zero attached hydrogens (tertiary/aromatic N) is 6. The van der Waals surface area contributed by atoms with Crippen LogP contribution in [0.25, 0.3) is 5.00 Å². The number of methoxy groups -OCH3 is 1. The van der Waals surface area contributed by atoms with Crippen LogP contribution in [0.15, 0.2) is 89.9 Å². The van der Waals surface area contributed by atoms with Crippen molar-refractivity contribution >= 4 is 31.1 Å². The Bertz CT molecular complexity index is 2870. The molecule has 2 aromatic heterocycles. The average Bonchev–Trinajstić information content (AvgIpc) is 4.07. The molecule has 0 saturated carbocycles. The van der Waals surface area contributed by atoms with Crippen molar-refractivity contribution in [1.82, 2.24) is 19.7 Å². The van der Waals surface area contributed by atoms with Crippen LogP contribution in [0, 0.1) is 20.8 Å². The molecule has 3 aliphatic rings. The molecule has 13 heteroatoms. The quantitative estimate of drug-likeness (QED) is 0.0547. The minimum atomic E-state index is -1.90. The lowest BCUT2D eigenvalue weighted by atomic mass is 9.79. The van der Waals surface area contributed by atoms with Gasteiger partial charge < -0.3 is 33.2 Å². The van der Waals surface area contributed by atoms with E-state index < -0.39 is 8.32 Å². The standard InChI is InChI=1S/C60H78N6O5SSi/c1-12-65(55-37-51(67-9)25-26-54(55)49-18-17-48-36-52(24-21-47(48)35-49)71-73(10,11)60(6,7)8)38-45-15-13-44(14-16-45)27-29-64-30-28-53(39-64)70-34-32-68-31-33-69-50-22-19-46(20-23-50)57-56-40(2)42(4)72-59(56)66-43(5)62-63-58(66)41(3)61-57/h13-16,19-26,36-37,41,49,53H,12,17-18,27-35,38-39H2,1-11H3/t41-,49?,53+/m0/s1. The summed E-state index contributed by atoms with van der Waals surface area (Å²) in [4.78, 5) is 11.5. The maximum absolute atomic E-state index is 6.70. The monoisotopic (exact) mass is 1020 g/mol. The van der Waals surface area contributed by atoms with Crippen molar-refractivity contribution in [2.24, 2.45) is 4.99 Å². The average molecular weight is 1020 g/mol. The second-order valence-corrected chi connectivity index (χ2v) is 27.8. The first-order valence-corrected chi connectivity index (χ1v) is 30.4. The number of hydrogen-bond acceptors (Lipinski definition) is 11. The van der Waals surface area contributed by atoms with Crippen LogP contribution in [0.5, 0.6) is 17.2 Å². The highest BCUT2D eigenvalue weighted by Gasteiger charge is 2.39. The van der Waals surface area contributed by atoms with Crippen molar-refractivity contribution < 1.29 is 23.4 Å². The summed E-state index contributed by atoms with van der Waals surface area (Å²) in [5.74, 6) is 4.95. The van der Waals surface area contributed by atoms with Crippen molar-refractivity contribution in [2.75, 3.05) is 64.6 Å². The van der Waals surface area contributed by atoms with E-state index in [2.05, 4.69) is 159 Å². The van der Waals surface area contributed by atoms with Crippen molar-refractivity contribution in [1.29, 1.82) is 0 Å². The van der Waals surface area contributed by atoms with E-state index in [1.165, 1.54) is 43.9 Å². The maximum atomic E-state index is 6.70. The third-order valence-corrected chi connectivity index (χ3v) is 21.4. The first-order chi connectivity index (χ1) is 35.1. The Morgan fingerprint density at radius 3 is 2.32 bits per heavy atom. The van der Waals surface area contributed by atoms with Gasteiger partial charge in [-0.25, -0.2) is 0 Å². The van der Waals surface area contributed by atoms with E-state index in [1.54, 1.807) is 18.4 Å². The van der Waals surface area contributed by atoms with E-state index in [1.807, 2.05) is 19.1 Å². The van der Waals surface area contributed by atoms with E-state index in [0.29, 0.717) is 32.3 Å². The lowest BCUT2D eigenvalue weighted by Gasteiger charge is -2.37. The zero-order valence-electron chi connectivity index (χ0n) is 45.3. The summed E-state index contributed by atoms with van der Waals surface area (Å²) in [7, 11) is -0.130. The summed E-state index contributed by atoms with van der Waals surface area (Å²) in [5.41, 5.74) is 12.7. The Hall–Kier alpha value is -5.31. The molecule has 2 aliphatic heterocycles.